The summed E-state index contributed by atoms with van der Waals surface area (Å²) in [6.45, 7) is 1.67. The molecule has 0 heterocycles. The zero-order chi connectivity index (χ0) is 7.78. The summed E-state index contributed by atoms with van der Waals surface area (Å²) in [6.07, 6.45) is 1.57. The topological polar surface area (TPSA) is 40.5 Å². The first-order valence-electron chi connectivity index (χ1n) is 3.30. The molecule has 0 aliphatic heterocycles. The molecule has 1 rings (SSSR count). The number of allylic oxidation sites excluding steroid dienone is 2. The number of aliphatic hydroxyl groups excluding tert-OH is 1. The molecule has 1 aliphatic carbocycles. The Morgan fingerprint density at radius 2 is 2.33 bits per heavy atom. The minimum Gasteiger partial charge on any atom is -0.386 e. The van der Waals surface area contributed by atoms with Gasteiger partial charge in [0.15, 0.2) is 0 Å². The molecule has 0 aromatic heterocycles. The molecular formula is C7H10O2. The van der Waals surface area contributed by atoms with Gasteiger partial charge in [0.2, 0.25) is 0 Å². The van der Waals surface area contributed by atoms with Crippen molar-refractivity contribution in [1.82, 2.24) is 0 Å². The average molecular weight is 127 g/mol. The number of hydrogen-bond donors (Lipinski definition) is 2. The Bertz CT molecular complexity index is 194. The lowest BCUT2D eigenvalue weighted by Gasteiger charge is -2.17. The van der Waals surface area contributed by atoms with E-state index >= 15 is 0 Å². The van der Waals surface area contributed by atoms with Crippen molar-refractivity contribution in [3.8, 4) is 0 Å². The van der Waals surface area contributed by atoms with Crippen LogP contribution in [0.15, 0.2) is 23.8 Å². The van der Waals surface area contributed by atoms with E-state index in [4.69, 9.17) is 11.6 Å². The average Bonchev–Trinajstić information content (AvgIpc) is 1.83. The highest BCUT2D eigenvalue weighted by atomic mass is 16.3. The normalized spacial score (nSPS) is 44.1. The van der Waals surface area contributed by atoms with Crippen molar-refractivity contribution in [3.63, 3.8) is 0 Å². The van der Waals surface area contributed by atoms with Gasteiger partial charge < -0.3 is 10.2 Å². The highest BCUT2D eigenvalue weighted by Crippen LogP contribution is 2.11. The minimum absolute atomic E-state index is 0.611. The fourth-order valence-corrected chi connectivity index (χ4v) is 0.714. The van der Waals surface area contributed by atoms with Crippen LogP contribution >= 0.6 is 0 Å². The third-order valence-electron chi connectivity index (χ3n) is 1.34. The van der Waals surface area contributed by atoms with E-state index in [9.17, 15) is 0 Å². The van der Waals surface area contributed by atoms with Crippen LogP contribution in [0.3, 0.4) is 0 Å². The molecule has 0 spiro atoms. The molecule has 2 N–H and O–H groups in total. The van der Waals surface area contributed by atoms with Crippen LogP contribution in [0.1, 0.15) is 8.29 Å². The van der Waals surface area contributed by atoms with Crippen molar-refractivity contribution in [2.45, 2.75) is 19.1 Å². The van der Waals surface area contributed by atoms with Gasteiger partial charge in [-0.05, 0) is 12.5 Å². The fourth-order valence-electron chi connectivity index (χ4n) is 0.714. The standard InChI is InChI=1S/C7H10O2/c1-5-3-2-4-6(8)7(5)9/h2-4,6-9H,1H3/t6-,7+/m0/s1/i6D. The molecule has 0 saturated heterocycles. The predicted octanol–water partition coefficient (Wildman–Crippen LogP) is 0.224. The van der Waals surface area contributed by atoms with E-state index < -0.39 is 12.2 Å². The van der Waals surface area contributed by atoms with Gasteiger partial charge in [0.05, 0.1) is 1.37 Å². The molecule has 2 nitrogen and oxygen atoms in total. The summed E-state index contributed by atoms with van der Waals surface area (Å²) < 4.78 is 7.14. The van der Waals surface area contributed by atoms with Crippen LogP contribution in [0.4, 0.5) is 0 Å². The van der Waals surface area contributed by atoms with Gasteiger partial charge in [0, 0.05) is 0 Å². The Kier molecular flexibility index (Phi) is 1.35. The van der Waals surface area contributed by atoms with Crippen LogP contribution in [0.5, 0.6) is 0 Å². The summed E-state index contributed by atoms with van der Waals surface area (Å²) in [4.78, 5) is 0. The summed E-state index contributed by atoms with van der Waals surface area (Å²) in [6, 6.07) is 0. The largest absolute Gasteiger partial charge is 0.386 e. The van der Waals surface area contributed by atoms with Crippen LogP contribution in [0, 0.1) is 0 Å². The summed E-state index contributed by atoms with van der Waals surface area (Å²) in [7, 11) is 0. The van der Waals surface area contributed by atoms with Gasteiger partial charge in [-0.1, -0.05) is 18.2 Å². The molecule has 0 radical (unpaired) electrons. The minimum atomic E-state index is -1.83. The van der Waals surface area contributed by atoms with E-state index in [-0.39, 0.29) is 0 Å². The van der Waals surface area contributed by atoms with Crippen molar-refractivity contribution >= 4 is 0 Å². The molecule has 9 heavy (non-hydrogen) atoms. The third kappa shape index (κ3) is 1.20. The molecule has 0 amide bonds. The maximum absolute atomic E-state index is 9.15. The van der Waals surface area contributed by atoms with Gasteiger partial charge in [-0.3, -0.25) is 0 Å². The first kappa shape index (κ1) is 5.21. The maximum Gasteiger partial charge on any atom is 0.105 e. The van der Waals surface area contributed by atoms with Gasteiger partial charge in [-0.2, -0.15) is 0 Å². The molecule has 1 aliphatic rings. The summed E-state index contributed by atoms with van der Waals surface area (Å²) >= 11 is 0. The van der Waals surface area contributed by atoms with Crippen molar-refractivity contribution in [1.29, 1.82) is 0 Å². The maximum atomic E-state index is 9.15. The van der Waals surface area contributed by atoms with E-state index in [1.807, 2.05) is 0 Å². The second kappa shape index (κ2) is 2.33. The molecule has 2 atom stereocenters. The number of aliphatic hydroxyl groups is 2. The zero-order valence-electron chi connectivity index (χ0n) is 6.20. The highest BCUT2D eigenvalue weighted by Gasteiger charge is 2.16. The van der Waals surface area contributed by atoms with Gasteiger partial charge in [-0.25, -0.2) is 0 Å². The quantitative estimate of drug-likeness (QED) is 0.489. The molecule has 0 fully saturated rings. The van der Waals surface area contributed by atoms with Crippen LogP contribution in [0.25, 0.3) is 0 Å². The van der Waals surface area contributed by atoms with Gasteiger partial charge in [0.25, 0.3) is 0 Å². The second-order valence-electron chi connectivity index (χ2n) is 2.10. The zero-order valence-corrected chi connectivity index (χ0v) is 5.20. The van der Waals surface area contributed by atoms with Crippen LogP contribution in [-0.2, 0) is 0 Å². The Hall–Kier alpha value is -0.600. The first-order valence-corrected chi connectivity index (χ1v) is 2.80. The smallest absolute Gasteiger partial charge is 0.105 e. The van der Waals surface area contributed by atoms with Crippen LogP contribution < -0.4 is 0 Å². The van der Waals surface area contributed by atoms with Crippen LogP contribution in [-0.4, -0.2) is 22.4 Å². The molecule has 0 saturated carbocycles. The molecular weight excluding hydrogens is 116 g/mol. The van der Waals surface area contributed by atoms with Crippen molar-refractivity contribution in [2.24, 2.45) is 0 Å². The molecule has 0 aromatic carbocycles. The van der Waals surface area contributed by atoms with Crippen LogP contribution in [0.2, 0.25) is 0 Å². The summed E-state index contributed by atoms with van der Waals surface area (Å²) in [5.41, 5.74) is 0.611. The SMILES string of the molecule is [2H][C@]1(O)C=CC=C(C)[C@H]1O. The lowest BCUT2D eigenvalue weighted by atomic mass is 10.0. The molecule has 2 heteroatoms. The van der Waals surface area contributed by atoms with E-state index in [2.05, 4.69) is 0 Å². The number of hydrogen-bond acceptors (Lipinski definition) is 2. The lowest BCUT2D eigenvalue weighted by Crippen LogP contribution is -2.26. The number of rotatable bonds is 0. The highest BCUT2D eigenvalue weighted by molar-refractivity contribution is 5.23. The summed E-state index contributed by atoms with van der Waals surface area (Å²) in [5, 5.41) is 18.3. The van der Waals surface area contributed by atoms with E-state index in [1.165, 1.54) is 6.08 Å². The van der Waals surface area contributed by atoms with E-state index in [0.29, 0.717) is 5.57 Å². The van der Waals surface area contributed by atoms with Gasteiger partial charge in [-0.15, -0.1) is 0 Å². The predicted molar refractivity (Wildman–Crippen MR) is 34.9 cm³/mol. The Morgan fingerprint density at radius 3 is 2.78 bits per heavy atom. The molecule has 50 valence electrons. The monoisotopic (exact) mass is 127 g/mol. The first-order chi connectivity index (χ1) is 4.54. The lowest BCUT2D eigenvalue weighted by molar-refractivity contribution is 0.0716. The Balaban J connectivity index is 2.89. The Labute approximate surface area is 55.5 Å². The Morgan fingerprint density at radius 1 is 1.67 bits per heavy atom. The van der Waals surface area contributed by atoms with E-state index in [1.54, 1.807) is 19.1 Å². The fraction of sp³-hybridized carbons (Fsp3) is 0.429. The third-order valence-corrected chi connectivity index (χ3v) is 1.34. The summed E-state index contributed by atoms with van der Waals surface area (Å²) in [5.74, 6) is 0. The molecule has 0 unspecified atom stereocenters. The molecule has 0 bridgehead atoms. The van der Waals surface area contributed by atoms with Gasteiger partial charge in [0.1, 0.15) is 12.2 Å². The second-order valence-corrected chi connectivity index (χ2v) is 2.10. The van der Waals surface area contributed by atoms with Crippen molar-refractivity contribution in [2.75, 3.05) is 0 Å². The van der Waals surface area contributed by atoms with Crippen molar-refractivity contribution < 1.29 is 11.6 Å². The van der Waals surface area contributed by atoms with Gasteiger partial charge >= 0.3 is 0 Å². The molecule has 0 aromatic rings. The van der Waals surface area contributed by atoms with Crippen molar-refractivity contribution in [3.05, 3.63) is 23.8 Å². The van der Waals surface area contributed by atoms with E-state index in [0.717, 1.165) is 0 Å².